The van der Waals surface area contributed by atoms with Crippen molar-refractivity contribution in [3.63, 3.8) is 0 Å². The molecule has 0 saturated heterocycles. The van der Waals surface area contributed by atoms with Gasteiger partial charge in [-0.3, -0.25) is 14.5 Å². The number of ether oxygens (including phenoxy) is 2. The molecule has 0 bridgehead atoms. The maximum absolute atomic E-state index is 12.4. The third-order valence-corrected chi connectivity index (χ3v) is 3.61. The third kappa shape index (κ3) is 5.04. The van der Waals surface area contributed by atoms with Gasteiger partial charge in [-0.05, 0) is 32.9 Å². The molecule has 0 saturated carbocycles. The molecule has 3 amide bonds. The number of carboxylic acid groups (broad SMARTS) is 1. The number of nitrogens with one attached hydrogen (secondary N) is 1. The van der Waals surface area contributed by atoms with Crippen molar-refractivity contribution < 1.29 is 33.8 Å². The normalized spacial score (nSPS) is 14.7. The van der Waals surface area contributed by atoms with E-state index < -0.39 is 42.1 Å². The summed E-state index contributed by atoms with van der Waals surface area (Å²) in [5, 5.41) is 11.9. The number of rotatable bonds is 7. The van der Waals surface area contributed by atoms with Crippen LogP contribution in [0.4, 0.5) is 4.79 Å². The average molecular weight is 378 g/mol. The number of alkyl carbamates (subject to hydrolysis) is 1. The number of carboxylic acids is 1. The predicted molar refractivity (Wildman–Crippen MR) is 93.4 cm³/mol. The number of nitrogens with zero attached hydrogens (tertiary/aromatic N) is 1. The van der Waals surface area contributed by atoms with Crippen LogP contribution in [0.5, 0.6) is 0 Å². The lowest BCUT2D eigenvalue weighted by Gasteiger charge is -2.22. The molecule has 1 aromatic rings. The summed E-state index contributed by atoms with van der Waals surface area (Å²) in [6, 6.07) is 4.68. The molecule has 146 valence electrons. The maximum atomic E-state index is 12.4. The summed E-state index contributed by atoms with van der Waals surface area (Å²) >= 11 is 0. The molecule has 1 aliphatic heterocycles. The predicted octanol–water partition coefficient (Wildman–Crippen LogP) is 1.28. The van der Waals surface area contributed by atoms with Gasteiger partial charge in [-0.1, -0.05) is 12.1 Å². The first-order chi connectivity index (χ1) is 12.6. The first-order valence-electron chi connectivity index (χ1n) is 8.36. The number of hydrogen-bond donors (Lipinski definition) is 2. The van der Waals surface area contributed by atoms with Gasteiger partial charge in [0.05, 0.1) is 24.3 Å². The van der Waals surface area contributed by atoms with Crippen molar-refractivity contribution in [3.8, 4) is 0 Å². The minimum atomic E-state index is -1.46. The molecular weight excluding hydrogens is 356 g/mol. The van der Waals surface area contributed by atoms with E-state index in [-0.39, 0.29) is 24.3 Å². The van der Waals surface area contributed by atoms with Gasteiger partial charge in [0.15, 0.2) is 6.04 Å². The van der Waals surface area contributed by atoms with E-state index in [1.165, 1.54) is 12.1 Å². The smallest absolute Gasteiger partial charge is 0.407 e. The minimum Gasteiger partial charge on any atom is -0.480 e. The van der Waals surface area contributed by atoms with Gasteiger partial charge in [-0.25, -0.2) is 9.59 Å². The molecule has 9 heteroatoms. The van der Waals surface area contributed by atoms with Gasteiger partial charge in [-0.2, -0.15) is 0 Å². The molecule has 0 aliphatic carbocycles. The van der Waals surface area contributed by atoms with Crippen LogP contribution in [0.2, 0.25) is 0 Å². The number of imide groups is 1. The van der Waals surface area contributed by atoms with Crippen molar-refractivity contribution >= 4 is 23.9 Å². The Bertz CT molecular complexity index is 719. The fourth-order valence-electron chi connectivity index (χ4n) is 2.48. The topological polar surface area (TPSA) is 122 Å². The summed E-state index contributed by atoms with van der Waals surface area (Å²) in [7, 11) is 0. The van der Waals surface area contributed by atoms with Gasteiger partial charge in [0.1, 0.15) is 5.60 Å². The highest BCUT2D eigenvalue weighted by Gasteiger charge is 2.42. The summed E-state index contributed by atoms with van der Waals surface area (Å²) in [5.41, 5.74) is -0.300. The Morgan fingerprint density at radius 3 is 2.19 bits per heavy atom. The summed E-state index contributed by atoms with van der Waals surface area (Å²) in [6.07, 6.45) is -0.624. The average Bonchev–Trinajstić information content (AvgIpc) is 2.81. The number of carbonyl (C=O) groups is 4. The minimum absolute atomic E-state index is 0.00775. The van der Waals surface area contributed by atoms with E-state index in [0.29, 0.717) is 4.90 Å². The van der Waals surface area contributed by atoms with Gasteiger partial charge in [0.2, 0.25) is 0 Å². The van der Waals surface area contributed by atoms with E-state index >= 15 is 0 Å². The van der Waals surface area contributed by atoms with E-state index in [1.54, 1.807) is 32.9 Å². The van der Waals surface area contributed by atoms with Crippen molar-refractivity contribution in [1.82, 2.24) is 10.2 Å². The molecule has 1 unspecified atom stereocenters. The zero-order chi connectivity index (χ0) is 20.2. The van der Waals surface area contributed by atoms with Crippen molar-refractivity contribution in [1.29, 1.82) is 0 Å². The fourth-order valence-corrected chi connectivity index (χ4v) is 2.48. The quantitative estimate of drug-likeness (QED) is 0.541. The molecule has 0 fully saturated rings. The van der Waals surface area contributed by atoms with Crippen LogP contribution < -0.4 is 5.32 Å². The van der Waals surface area contributed by atoms with Crippen LogP contribution in [0, 0.1) is 0 Å². The molecule has 1 heterocycles. The zero-order valence-corrected chi connectivity index (χ0v) is 15.4. The number of carbonyl (C=O) groups excluding carboxylic acids is 3. The highest BCUT2D eigenvalue weighted by atomic mass is 16.6. The van der Waals surface area contributed by atoms with Crippen LogP contribution in [-0.4, -0.2) is 65.3 Å². The van der Waals surface area contributed by atoms with Crippen LogP contribution in [0.15, 0.2) is 24.3 Å². The Balaban J connectivity index is 1.89. The number of hydrogen-bond acceptors (Lipinski definition) is 6. The lowest BCUT2D eigenvalue weighted by atomic mass is 10.1. The van der Waals surface area contributed by atoms with Gasteiger partial charge in [-0.15, -0.1) is 0 Å². The van der Waals surface area contributed by atoms with Gasteiger partial charge < -0.3 is 19.9 Å². The second kappa shape index (κ2) is 8.17. The number of benzene rings is 1. The largest absolute Gasteiger partial charge is 0.480 e. The molecule has 0 aromatic heterocycles. The zero-order valence-electron chi connectivity index (χ0n) is 15.4. The van der Waals surface area contributed by atoms with E-state index in [4.69, 9.17) is 9.47 Å². The standard InChI is InChI=1S/C18H22N2O7/c1-18(2,3)27-17(25)19-8-9-26-10-13(16(23)24)20-14(21)11-6-4-5-7-12(11)15(20)22/h4-7,13H,8-10H2,1-3H3,(H,19,25)(H,23,24). The second-order valence-corrected chi connectivity index (χ2v) is 6.88. The Morgan fingerprint density at radius 1 is 1.15 bits per heavy atom. The third-order valence-electron chi connectivity index (χ3n) is 3.61. The highest BCUT2D eigenvalue weighted by Crippen LogP contribution is 2.24. The Labute approximate surface area is 156 Å². The number of aliphatic carboxylic acids is 1. The molecule has 0 radical (unpaired) electrons. The summed E-state index contributed by atoms with van der Waals surface area (Å²) in [6.45, 7) is 4.86. The Kier molecular flexibility index (Phi) is 6.17. The van der Waals surface area contributed by atoms with Gasteiger partial charge in [0, 0.05) is 6.54 Å². The lowest BCUT2D eigenvalue weighted by Crippen LogP contribution is -2.48. The molecule has 1 aromatic carbocycles. The number of amides is 3. The van der Waals surface area contributed by atoms with Gasteiger partial charge in [0.25, 0.3) is 11.8 Å². The van der Waals surface area contributed by atoms with Crippen LogP contribution >= 0.6 is 0 Å². The Morgan fingerprint density at radius 2 is 1.70 bits per heavy atom. The number of fused-ring (bicyclic) bond motifs is 1. The molecular formula is C18H22N2O7. The van der Waals surface area contributed by atoms with Crippen LogP contribution in [0.25, 0.3) is 0 Å². The SMILES string of the molecule is CC(C)(C)OC(=O)NCCOCC(C(=O)O)N1C(=O)c2ccccc2C1=O. The maximum Gasteiger partial charge on any atom is 0.407 e. The molecule has 1 atom stereocenters. The fraction of sp³-hybridized carbons (Fsp3) is 0.444. The van der Waals surface area contributed by atoms with Crippen LogP contribution in [0.3, 0.4) is 0 Å². The monoisotopic (exact) mass is 378 g/mol. The van der Waals surface area contributed by atoms with Crippen LogP contribution in [0.1, 0.15) is 41.5 Å². The van der Waals surface area contributed by atoms with Crippen molar-refractivity contribution in [2.24, 2.45) is 0 Å². The second-order valence-electron chi connectivity index (χ2n) is 6.88. The van der Waals surface area contributed by atoms with Crippen LogP contribution in [-0.2, 0) is 14.3 Å². The molecule has 9 nitrogen and oxygen atoms in total. The van der Waals surface area contributed by atoms with Crippen molar-refractivity contribution in [2.75, 3.05) is 19.8 Å². The molecule has 2 N–H and O–H groups in total. The van der Waals surface area contributed by atoms with E-state index in [2.05, 4.69) is 5.32 Å². The Hall–Kier alpha value is -2.94. The van der Waals surface area contributed by atoms with E-state index in [9.17, 15) is 24.3 Å². The molecule has 0 spiro atoms. The summed E-state index contributed by atoms with van der Waals surface area (Å²) in [4.78, 5) is 48.5. The lowest BCUT2D eigenvalue weighted by molar-refractivity contribution is -0.143. The van der Waals surface area contributed by atoms with E-state index in [1.807, 2.05) is 0 Å². The summed E-state index contributed by atoms with van der Waals surface area (Å²) in [5.74, 6) is -2.69. The van der Waals surface area contributed by atoms with E-state index in [0.717, 1.165) is 0 Å². The molecule has 27 heavy (non-hydrogen) atoms. The molecule has 1 aliphatic rings. The van der Waals surface area contributed by atoms with Gasteiger partial charge >= 0.3 is 12.1 Å². The molecule has 2 rings (SSSR count). The summed E-state index contributed by atoms with van der Waals surface area (Å²) < 4.78 is 10.3. The highest BCUT2D eigenvalue weighted by molar-refractivity contribution is 6.22. The van der Waals surface area contributed by atoms with Crippen molar-refractivity contribution in [2.45, 2.75) is 32.4 Å². The van der Waals surface area contributed by atoms with Crippen molar-refractivity contribution in [3.05, 3.63) is 35.4 Å². The first-order valence-corrected chi connectivity index (χ1v) is 8.36. The first kappa shape index (κ1) is 20.4.